The number of amides is 1. The first-order valence-corrected chi connectivity index (χ1v) is 10.8. The molecule has 0 spiro atoms. The zero-order valence-corrected chi connectivity index (χ0v) is 17.6. The van der Waals surface area contributed by atoms with Gasteiger partial charge in [-0.25, -0.2) is 14.8 Å². The maximum atomic E-state index is 12.0. The lowest BCUT2D eigenvalue weighted by atomic mass is 9.85. The van der Waals surface area contributed by atoms with Crippen LogP contribution >= 0.6 is 11.3 Å². The van der Waals surface area contributed by atoms with E-state index in [0.29, 0.717) is 6.54 Å². The second kappa shape index (κ2) is 10.2. The number of carboxylic acid groups (broad SMARTS) is 1. The van der Waals surface area contributed by atoms with E-state index in [4.69, 9.17) is 9.90 Å². The summed E-state index contributed by atoms with van der Waals surface area (Å²) in [5, 5.41) is 13.4. The summed E-state index contributed by atoms with van der Waals surface area (Å²) in [4.78, 5) is 32.3. The predicted octanol–water partition coefficient (Wildman–Crippen LogP) is 2.45. The van der Waals surface area contributed by atoms with E-state index in [-0.39, 0.29) is 11.8 Å². The summed E-state index contributed by atoms with van der Waals surface area (Å²) in [6, 6.07) is 0. The van der Waals surface area contributed by atoms with Gasteiger partial charge in [0.15, 0.2) is 0 Å². The number of carbonyl (C=O) groups excluding carboxylic acids is 1. The molecule has 1 amide bonds. The van der Waals surface area contributed by atoms with Gasteiger partial charge in [-0.15, -0.1) is 11.3 Å². The molecule has 0 radical (unpaired) electrons. The summed E-state index contributed by atoms with van der Waals surface area (Å²) in [5.41, 5.74) is 1.12. The average molecular weight is 459 g/mol. The second-order valence-corrected chi connectivity index (χ2v) is 8.40. The maximum Gasteiger partial charge on any atom is 0.490 e. The van der Waals surface area contributed by atoms with E-state index in [2.05, 4.69) is 24.8 Å². The standard InChI is InChI=1S/C17H23N5OS.C2HF3O2/c23-17(13-2-1-3-13)20-11-14-10-19-15-4-6-21(7-8-22(14)15)12-16-18-5-9-24-16;3-2(4,5)1(6)7/h5,9-10,13H,1-4,6-8,11-12H2,(H,20,23);(H,6,7). The molecule has 8 nitrogen and oxygen atoms in total. The summed E-state index contributed by atoms with van der Waals surface area (Å²) in [6.45, 7) is 4.43. The summed E-state index contributed by atoms with van der Waals surface area (Å²) in [5.74, 6) is -1.18. The van der Waals surface area contributed by atoms with E-state index < -0.39 is 12.1 Å². The van der Waals surface area contributed by atoms with Gasteiger partial charge < -0.3 is 15.0 Å². The Balaban J connectivity index is 0.000000339. The summed E-state index contributed by atoms with van der Waals surface area (Å²) >= 11 is 1.71. The van der Waals surface area contributed by atoms with E-state index >= 15 is 0 Å². The number of alkyl halides is 3. The lowest BCUT2D eigenvalue weighted by Gasteiger charge is -2.24. The van der Waals surface area contributed by atoms with Crippen LogP contribution in [-0.2, 0) is 35.6 Å². The quantitative estimate of drug-likeness (QED) is 0.713. The van der Waals surface area contributed by atoms with Crippen LogP contribution in [-0.4, -0.2) is 55.7 Å². The fourth-order valence-corrected chi connectivity index (χ4v) is 4.01. The van der Waals surface area contributed by atoms with Gasteiger partial charge in [0.05, 0.1) is 25.0 Å². The number of thiazole rings is 1. The lowest BCUT2D eigenvalue weighted by molar-refractivity contribution is -0.192. The molecule has 1 aliphatic heterocycles. The van der Waals surface area contributed by atoms with Gasteiger partial charge in [-0.05, 0) is 12.8 Å². The van der Waals surface area contributed by atoms with Crippen molar-refractivity contribution >= 4 is 23.2 Å². The molecule has 2 N–H and O–H groups in total. The number of fused-ring (bicyclic) bond motifs is 1. The number of carboxylic acids is 1. The fourth-order valence-electron chi connectivity index (χ4n) is 3.35. The topological polar surface area (TPSA) is 100 Å². The van der Waals surface area contributed by atoms with Crippen molar-refractivity contribution in [1.82, 2.24) is 24.8 Å². The normalized spacial score (nSPS) is 17.0. The predicted molar refractivity (Wildman–Crippen MR) is 106 cm³/mol. The second-order valence-electron chi connectivity index (χ2n) is 7.42. The van der Waals surface area contributed by atoms with Crippen LogP contribution in [0, 0.1) is 5.92 Å². The molecule has 1 saturated carbocycles. The molecule has 0 unspecified atom stereocenters. The Morgan fingerprint density at radius 2 is 1.97 bits per heavy atom. The first kappa shape index (κ1) is 23.2. The smallest absolute Gasteiger partial charge is 0.475 e. The molecule has 0 aromatic carbocycles. The van der Waals surface area contributed by atoms with E-state index in [0.717, 1.165) is 57.0 Å². The highest BCUT2D eigenvalue weighted by Crippen LogP contribution is 2.26. The SMILES string of the molecule is O=C(NCc1cnc2n1CCN(Cc1nccs1)CC2)C1CCC1.O=C(O)C(F)(F)F. The average Bonchev–Trinajstić information content (AvgIpc) is 3.25. The molecule has 4 rings (SSSR count). The van der Waals surface area contributed by atoms with E-state index in [9.17, 15) is 18.0 Å². The lowest BCUT2D eigenvalue weighted by Crippen LogP contribution is -2.34. The third kappa shape index (κ3) is 6.50. The molecule has 3 heterocycles. The number of rotatable bonds is 5. The van der Waals surface area contributed by atoms with Crippen LogP contribution in [0.2, 0.25) is 0 Å². The van der Waals surface area contributed by atoms with Gasteiger partial charge in [0.2, 0.25) is 5.91 Å². The molecule has 0 bridgehead atoms. The van der Waals surface area contributed by atoms with Crippen LogP contribution in [0.25, 0.3) is 0 Å². The Hall–Kier alpha value is -2.47. The summed E-state index contributed by atoms with van der Waals surface area (Å²) in [7, 11) is 0. The van der Waals surface area contributed by atoms with E-state index in [1.165, 1.54) is 11.4 Å². The Bertz CT molecular complexity index is 881. The molecular weight excluding hydrogens is 435 g/mol. The van der Waals surface area contributed by atoms with Crippen LogP contribution in [0.1, 0.15) is 35.8 Å². The van der Waals surface area contributed by atoms with Gasteiger partial charge >= 0.3 is 12.1 Å². The summed E-state index contributed by atoms with van der Waals surface area (Å²) < 4.78 is 34.0. The monoisotopic (exact) mass is 459 g/mol. The van der Waals surface area contributed by atoms with Crippen molar-refractivity contribution in [1.29, 1.82) is 0 Å². The zero-order chi connectivity index (χ0) is 22.4. The van der Waals surface area contributed by atoms with E-state index in [1.807, 2.05) is 17.8 Å². The first-order valence-electron chi connectivity index (χ1n) is 9.96. The van der Waals surface area contributed by atoms with Gasteiger partial charge in [0, 0.05) is 43.5 Å². The van der Waals surface area contributed by atoms with Crippen molar-refractivity contribution in [3.8, 4) is 0 Å². The molecule has 1 aliphatic carbocycles. The van der Waals surface area contributed by atoms with Crippen molar-refractivity contribution in [3.63, 3.8) is 0 Å². The molecule has 1 fully saturated rings. The van der Waals surface area contributed by atoms with E-state index in [1.54, 1.807) is 11.3 Å². The molecule has 170 valence electrons. The molecular formula is C19H24F3N5O3S. The minimum atomic E-state index is -5.08. The first-order chi connectivity index (χ1) is 14.7. The Morgan fingerprint density at radius 3 is 2.55 bits per heavy atom. The largest absolute Gasteiger partial charge is 0.490 e. The number of imidazole rings is 1. The Kier molecular flexibility index (Phi) is 7.65. The van der Waals surface area contributed by atoms with Crippen LogP contribution in [0.15, 0.2) is 17.8 Å². The van der Waals surface area contributed by atoms with Crippen LogP contribution in [0.5, 0.6) is 0 Å². The van der Waals surface area contributed by atoms with Crippen molar-refractivity contribution in [2.75, 3.05) is 13.1 Å². The number of hydrogen-bond donors (Lipinski definition) is 2. The van der Waals surface area contributed by atoms with Crippen LogP contribution < -0.4 is 5.32 Å². The minimum absolute atomic E-state index is 0.204. The molecule has 2 aromatic heterocycles. The number of halogens is 3. The third-order valence-electron chi connectivity index (χ3n) is 5.32. The van der Waals surface area contributed by atoms with Gasteiger partial charge in [0.1, 0.15) is 10.8 Å². The van der Waals surface area contributed by atoms with Gasteiger partial charge in [-0.1, -0.05) is 6.42 Å². The van der Waals surface area contributed by atoms with Crippen molar-refractivity contribution < 1.29 is 27.9 Å². The van der Waals surface area contributed by atoms with Crippen LogP contribution in [0.3, 0.4) is 0 Å². The number of nitrogens with zero attached hydrogens (tertiary/aromatic N) is 4. The minimum Gasteiger partial charge on any atom is -0.475 e. The highest BCUT2D eigenvalue weighted by Gasteiger charge is 2.38. The molecule has 12 heteroatoms. The van der Waals surface area contributed by atoms with Gasteiger partial charge in [-0.2, -0.15) is 13.2 Å². The molecule has 31 heavy (non-hydrogen) atoms. The molecule has 0 atom stereocenters. The number of carbonyl (C=O) groups is 2. The summed E-state index contributed by atoms with van der Waals surface area (Å²) in [6.07, 6.45) is 2.93. The van der Waals surface area contributed by atoms with Crippen molar-refractivity contribution in [2.24, 2.45) is 5.92 Å². The highest BCUT2D eigenvalue weighted by molar-refractivity contribution is 7.09. The van der Waals surface area contributed by atoms with Crippen molar-refractivity contribution in [3.05, 3.63) is 34.3 Å². The van der Waals surface area contributed by atoms with Gasteiger partial charge in [0.25, 0.3) is 0 Å². The number of aliphatic carboxylic acids is 1. The number of nitrogens with one attached hydrogen (secondary N) is 1. The third-order valence-corrected chi connectivity index (χ3v) is 6.08. The van der Waals surface area contributed by atoms with Crippen LogP contribution in [0.4, 0.5) is 13.2 Å². The highest BCUT2D eigenvalue weighted by atomic mass is 32.1. The zero-order valence-electron chi connectivity index (χ0n) is 16.8. The van der Waals surface area contributed by atoms with Crippen molar-refractivity contribution in [2.45, 2.75) is 51.5 Å². The van der Waals surface area contributed by atoms with Gasteiger partial charge in [-0.3, -0.25) is 9.69 Å². The maximum absolute atomic E-state index is 12.0. The fraction of sp³-hybridized carbons (Fsp3) is 0.579. The molecule has 2 aliphatic rings. The Labute approximate surface area is 181 Å². The Morgan fingerprint density at radius 1 is 1.23 bits per heavy atom. The number of aromatic nitrogens is 3. The number of hydrogen-bond acceptors (Lipinski definition) is 6. The molecule has 2 aromatic rings. The molecule has 0 saturated heterocycles.